The average molecular weight is 331 g/mol. The van der Waals surface area contributed by atoms with Crippen LogP contribution in [0.25, 0.3) is 11.3 Å². The lowest BCUT2D eigenvalue weighted by atomic mass is 10.1. The van der Waals surface area contributed by atoms with Gasteiger partial charge in [0.05, 0.1) is 10.7 Å². The molecule has 2 rings (SSSR count). The molecule has 0 amide bonds. The lowest BCUT2D eigenvalue weighted by Gasteiger charge is -2.08. The first-order chi connectivity index (χ1) is 8.52. The van der Waals surface area contributed by atoms with E-state index in [1.54, 1.807) is 32.2 Å². The van der Waals surface area contributed by atoms with Crippen LogP contribution in [0.2, 0.25) is 5.02 Å². The zero-order valence-electron chi connectivity index (χ0n) is 9.76. The number of aromatic nitrogens is 2. The van der Waals surface area contributed by atoms with Crippen LogP contribution in [0, 0.1) is 12.7 Å². The second-order valence-corrected chi connectivity index (χ2v) is 4.89. The molecule has 0 saturated carbocycles. The number of rotatable bonds is 2. The molecule has 1 heterocycles. The van der Waals surface area contributed by atoms with Crippen molar-refractivity contribution >= 4 is 33.3 Å². The Labute approximate surface area is 118 Å². The smallest absolute Gasteiger partial charge is 0.152 e. The number of nitrogens with one attached hydrogen (secondary N) is 1. The maximum absolute atomic E-state index is 14.1. The molecule has 18 heavy (non-hydrogen) atoms. The monoisotopic (exact) mass is 329 g/mol. The number of hydrogen-bond acceptors (Lipinski definition) is 3. The highest BCUT2D eigenvalue weighted by molar-refractivity contribution is 9.10. The first-order valence-electron chi connectivity index (χ1n) is 5.20. The summed E-state index contributed by atoms with van der Waals surface area (Å²) in [5.74, 6) is 0.706. The number of nitrogens with zero attached hydrogens (tertiary/aromatic N) is 2. The number of halogens is 3. The van der Waals surface area contributed by atoms with Crippen molar-refractivity contribution in [1.29, 1.82) is 0 Å². The molecular formula is C12H10BrClFN3. The molecule has 0 spiro atoms. The van der Waals surface area contributed by atoms with E-state index in [1.807, 2.05) is 0 Å². The topological polar surface area (TPSA) is 37.8 Å². The van der Waals surface area contributed by atoms with E-state index in [0.717, 1.165) is 0 Å². The van der Waals surface area contributed by atoms with Crippen molar-refractivity contribution in [2.75, 3.05) is 12.4 Å². The van der Waals surface area contributed by atoms with Crippen LogP contribution >= 0.6 is 27.5 Å². The molecule has 0 atom stereocenters. The van der Waals surface area contributed by atoms with E-state index in [1.165, 1.54) is 0 Å². The minimum absolute atomic E-state index is 0.0507. The van der Waals surface area contributed by atoms with Crippen molar-refractivity contribution in [1.82, 2.24) is 9.97 Å². The van der Waals surface area contributed by atoms with Crippen molar-refractivity contribution < 1.29 is 4.39 Å². The fourth-order valence-corrected chi connectivity index (χ4v) is 2.03. The molecule has 2 aromatic rings. The van der Waals surface area contributed by atoms with E-state index in [9.17, 15) is 4.39 Å². The van der Waals surface area contributed by atoms with Gasteiger partial charge < -0.3 is 5.32 Å². The molecule has 0 saturated heterocycles. The van der Waals surface area contributed by atoms with E-state index in [0.29, 0.717) is 27.4 Å². The summed E-state index contributed by atoms with van der Waals surface area (Å²) in [6.45, 7) is 1.75. The number of hydrogen-bond donors (Lipinski definition) is 1. The Kier molecular flexibility index (Phi) is 3.82. The number of benzene rings is 1. The first kappa shape index (κ1) is 13.2. The van der Waals surface area contributed by atoms with Gasteiger partial charge in [0.1, 0.15) is 11.6 Å². The second kappa shape index (κ2) is 5.20. The highest BCUT2D eigenvalue weighted by Crippen LogP contribution is 2.32. The van der Waals surface area contributed by atoms with Crippen LogP contribution in [0.4, 0.5) is 10.2 Å². The van der Waals surface area contributed by atoms with Gasteiger partial charge in [-0.25, -0.2) is 14.4 Å². The van der Waals surface area contributed by atoms with Gasteiger partial charge in [-0.1, -0.05) is 11.6 Å². The Bertz CT molecular complexity index is 604. The van der Waals surface area contributed by atoms with Gasteiger partial charge in [-0.2, -0.15) is 0 Å². The van der Waals surface area contributed by atoms with Crippen LogP contribution in [-0.2, 0) is 0 Å². The molecule has 0 unspecified atom stereocenters. The predicted molar refractivity (Wildman–Crippen MR) is 74.4 cm³/mol. The van der Waals surface area contributed by atoms with Crippen LogP contribution in [-0.4, -0.2) is 17.0 Å². The molecule has 1 aromatic carbocycles. The quantitative estimate of drug-likeness (QED) is 0.844. The van der Waals surface area contributed by atoms with E-state index < -0.39 is 5.82 Å². The summed E-state index contributed by atoms with van der Waals surface area (Å²) in [7, 11) is 1.75. The highest BCUT2D eigenvalue weighted by Gasteiger charge is 2.14. The molecular weight excluding hydrogens is 321 g/mol. The van der Waals surface area contributed by atoms with Gasteiger partial charge in [-0.15, -0.1) is 0 Å². The maximum Gasteiger partial charge on any atom is 0.152 e. The molecule has 94 valence electrons. The number of anilines is 1. The highest BCUT2D eigenvalue weighted by atomic mass is 79.9. The Morgan fingerprint density at radius 3 is 2.72 bits per heavy atom. The van der Waals surface area contributed by atoms with Gasteiger partial charge in [0.15, 0.2) is 5.82 Å². The summed E-state index contributed by atoms with van der Waals surface area (Å²) >= 11 is 9.04. The van der Waals surface area contributed by atoms with Gasteiger partial charge in [0.2, 0.25) is 0 Å². The lowest BCUT2D eigenvalue weighted by molar-refractivity contribution is 0.630. The van der Waals surface area contributed by atoms with Crippen molar-refractivity contribution in [3.8, 4) is 11.3 Å². The van der Waals surface area contributed by atoms with Crippen LogP contribution in [0.1, 0.15) is 5.82 Å². The molecule has 0 bridgehead atoms. The van der Waals surface area contributed by atoms with Gasteiger partial charge in [0.25, 0.3) is 0 Å². The standard InChI is InChI=1S/C12H10BrClFN3/c1-6-17-9(5-10(16-2)18-6)7-3-4-8(13)11(14)12(7)15/h3-5H,1-2H3,(H,16,17,18). The molecule has 0 aliphatic rings. The predicted octanol–water partition coefficient (Wildman–Crippen LogP) is 4.05. The molecule has 0 aliphatic heterocycles. The van der Waals surface area contributed by atoms with E-state index in [4.69, 9.17) is 11.6 Å². The van der Waals surface area contributed by atoms with Crippen molar-refractivity contribution in [3.05, 3.63) is 39.3 Å². The Hall–Kier alpha value is -1.20. The minimum atomic E-state index is -0.494. The average Bonchev–Trinajstić information content (AvgIpc) is 2.35. The fourth-order valence-electron chi connectivity index (χ4n) is 1.56. The second-order valence-electron chi connectivity index (χ2n) is 3.66. The maximum atomic E-state index is 14.1. The largest absolute Gasteiger partial charge is 0.373 e. The summed E-state index contributed by atoms with van der Waals surface area (Å²) < 4.78 is 14.6. The zero-order chi connectivity index (χ0) is 13.3. The lowest BCUT2D eigenvalue weighted by Crippen LogP contribution is -1.99. The Morgan fingerprint density at radius 1 is 1.33 bits per heavy atom. The fraction of sp³-hybridized carbons (Fsp3) is 0.167. The van der Waals surface area contributed by atoms with E-state index >= 15 is 0 Å². The normalized spacial score (nSPS) is 10.5. The molecule has 3 nitrogen and oxygen atoms in total. The van der Waals surface area contributed by atoms with Crippen molar-refractivity contribution in [2.24, 2.45) is 0 Å². The molecule has 6 heteroatoms. The summed E-state index contributed by atoms with van der Waals surface area (Å²) in [6.07, 6.45) is 0. The van der Waals surface area contributed by atoms with Crippen LogP contribution in [0.5, 0.6) is 0 Å². The summed E-state index contributed by atoms with van der Waals surface area (Å²) in [6, 6.07) is 5.00. The third kappa shape index (κ3) is 2.47. The van der Waals surface area contributed by atoms with Crippen LogP contribution < -0.4 is 5.32 Å². The summed E-state index contributed by atoms with van der Waals surface area (Å²) in [5.41, 5.74) is 0.851. The van der Waals surface area contributed by atoms with E-state index in [2.05, 4.69) is 31.2 Å². The minimum Gasteiger partial charge on any atom is -0.373 e. The zero-order valence-corrected chi connectivity index (χ0v) is 12.1. The summed E-state index contributed by atoms with van der Waals surface area (Å²) in [4.78, 5) is 8.38. The van der Waals surface area contributed by atoms with Gasteiger partial charge >= 0.3 is 0 Å². The van der Waals surface area contributed by atoms with Crippen LogP contribution in [0.15, 0.2) is 22.7 Å². The van der Waals surface area contributed by atoms with Crippen molar-refractivity contribution in [2.45, 2.75) is 6.92 Å². The first-order valence-corrected chi connectivity index (χ1v) is 6.37. The molecule has 0 aliphatic carbocycles. The van der Waals surface area contributed by atoms with Gasteiger partial charge in [-0.05, 0) is 35.0 Å². The third-order valence-electron chi connectivity index (χ3n) is 2.41. The molecule has 0 radical (unpaired) electrons. The van der Waals surface area contributed by atoms with E-state index in [-0.39, 0.29) is 5.02 Å². The van der Waals surface area contributed by atoms with Gasteiger partial charge in [-0.3, -0.25) is 0 Å². The Morgan fingerprint density at radius 2 is 2.06 bits per heavy atom. The third-order valence-corrected chi connectivity index (χ3v) is 3.66. The number of aryl methyl sites for hydroxylation is 1. The molecule has 0 fully saturated rings. The molecule has 1 N–H and O–H groups in total. The van der Waals surface area contributed by atoms with Gasteiger partial charge in [0, 0.05) is 23.2 Å². The molecule has 1 aromatic heterocycles. The van der Waals surface area contributed by atoms with Crippen LogP contribution in [0.3, 0.4) is 0 Å². The summed E-state index contributed by atoms with van der Waals surface area (Å²) in [5, 5.41) is 2.96. The SMILES string of the molecule is CNc1cc(-c2ccc(Br)c(Cl)c2F)nc(C)n1. The Balaban J connectivity index is 2.62. The van der Waals surface area contributed by atoms with Crippen molar-refractivity contribution in [3.63, 3.8) is 0 Å².